The lowest BCUT2D eigenvalue weighted by atomic mass is 10.1. The molecule has 0 saturated carbocycles. The van der Waals surface area contributed by atoms with E-state index in [1.165, 1.54) is 6.07 Å². The molecule has 0 spiro atoms. The van der Waals surface area contributed by atoms with E-state index in [0.29, 0.717) is 16.6 Å². The van der Waals surface area contributed by atoms with E-state index in [1.54, 1.807) is 29.2 Å². The van der Waals surface area contributed by atoms with Gasteiger partial charge in [-0.05, 0) is 64.3 Å². The molecule has 24 heavy (non-hydrogen) atoms. The largest absolute Gasteiger partial charge is 0.326 e. The Labute approximate surface area is 147 Å². The average molecular weight is 391 g/mol. The van der Waals surface area contributed by atoms with Crippen LogP contribution in [0.15, 0.2) is 46.9 Å². The molecule has 1 saturated heterocycles. The number of hydrogen-bond acceptors (Lipinski definition) is 2. The quantitative estimate of drug-likeness (QED) is 0.860. The molecule has 1 N–H and O–H groups in total. The van der Waals surface area contributed by atoms with Gasteiger partial charge < -0.3 is 10.2 Å². The Morgan fingerprint density at radius 2 is 1.96 bits per heavy atom. The van der Waals surface area contributed by atoms with Gasteiger partial charge in [-0.25, -0.2) is 4.39 Å². The van der Waals surface area contributed by atoms with Gasteiger partial charge in [-0.3, -0.25) is 9.59 Å². The SMILES string of the molecule is O=C(Cc1ccc(F)c(Br)c1)Nc1ccc(N2CCCC2=O)cc1. The van der Waals surface area contributed by atoms with Crippen molar-refractivity contribution in [2.45, 2.75) is 19.3 Å². The van der Waals surface area contributed by atoms with E-state index in [9.17, 15) is 14.0 Å². The summed E-state index contributed by atoms with van der Waals surface area (Å²) in [6.45, 7) is 0.740. The van der Waals surface area contributed by atoms with Crippen LogP contribution in [-0.4, -0.2) is 18.4 Å². The molecular formula is C18H16BrFN2O2. The Kier molecular flexibility index (Phi) is 4.94. The predicted octanol–water partition coefficient (Wildman–Crippen LogP) is 3.90. The van der Waals surface area contributed by atoms with Crippen molar-refractivity contribution in [3.63, 3.8) is 0 Å². The van der Waals surface area contributed by atoms with Crippen molar-refractivity contribution in [2.75, 3.05) is 16.8 Å². The lowest BCUT2D eigenvalue weighted by molar-refractivity contribution is -0.117. The van der Waals surface area contributed by atoms with Gasteiger partial charge >= 0.3 is 0 Å². The van der Waals surface area contributed by atoms with E-state index < -0.39 is 0 Å². The summed E-state index contributed by atoms with van der Waals surface area (Å²) in [5.74, 6) is -0.404. The molecule has 6 heteroatoms. The number of amides is 2. The van der Waals surface area contributed by atoms with Crippen molar-refractivity contribution < 1.29 is 14.0 Å². The third kappa shape index (κ3) is 3.82. The fourth-order valence-electron chi connectivity index (χ4n) is 2.69. The van der Waals surface area contributed by atoms with Crippen LogP contribution in [-0.2, 0) is 16.0 Å². The zero-order valence-electron chi connectivity index (χ0n) is 12.9. The maximum absolute atomic E-state index is 13.2. The fourth-order valence-corrected chi connectivity index (χ4v) is 3.11. The van der Waals surface area contributed by atoms with Gasteiger partial charge in [-0.2, -0.15) is 0 Å². The highest BCUT2D eigenvalue weighted by atomic mass is 79.9. The second kappa shape index (κ2) is 7.13. The second-order valence-corrected chi connectivity index (χ2v) is 6.52. The van der Waals surface area contributed by atoms with E-state index in [2.05, 4.69) is 21.2 Å². The molecule has 0 bridgehead atoms. The number of carbonyl (C=O) groups excluding carboxylic acids is 2. The molecule has 0 unspecified atom stereocenters. The smallest absolute Gasteiger partial charge is 0.228 e. The Hall–Kier alpha value is -2.21. The molecular weight excluding hydrogens is 375 g/mol. The monoisotopic (exact) mass is 390 g/mol. The van der Waals surface area contributed by atoms with Crippen molar-refractivity contribution in [1.82, 2.24) is 0 Å². The Bertz CT molecular complexity index is 777. The normalized spacial score (nSPS) is 14.1. The van der Waals surface area contributed by atoms with Crippen LogP contribution in [0.25, 0.3) is 0 Å². The van der Waals surface area contributed by atoms with Crippen molar-refractivity contribution in [3.05, 3.63) is 58.3 Å². The molecule has 1 fully saturated rings. The molecule has 1 heterocycles. The number of halogens is 2. The highest BCUT2D eigenvalue weighted by Gasteiger charge is 2.21. The lowest BCUT2D eigenvalue weighted by Crippen LogP contribution is -2.23. The summed E-state index contributed by atoms with van der Waals surface area (Å²) in [4.78, 5) is 25.6. The molecule has 124 valence electrons. The molecule has 0 aromatic heterocycles. The van der Waals surface area contributed by atoms with Crippen LogP contribution in [0.5, 0.6) is 0 Å². The molecule has 2 aromatic carbocycles. The minimum Gasteiger partial charge on any atom is -0.326 e. The fraction of sp³-hybridized carbons (Fsp3) is 0.222. The summed E-state index contributed by atoms with van der Waals surface area (Å²) in [6, 6.07) is 11.7. The van der Waals surface area contributed by atoms with E-state index in [-0.39, 0.29) is 24.1 Å². The molecule has 1 aliphatic rings. The predicted molar refractivity (Wildman–Crippen MR) is 94.5 cm³/mol. The van der Waals surface area contributed by atoms with Gasteiger partial charge in [0.2, 0.25) is 11.8 Å². The first-order valence-corrected chi connectivity index (χ1v) is 8.46. The summed E-state index contributed by atoms with van der Waals surface area (Å²) >= 11 is 3.11. The number of rotatable bonds is 4. The van der Waals surface area contributed by atoms with Crippen LogP contribution in [0.2, 0.25) is 0 Å². The lowest BCUT2D eigenvalue weighted by Gasteiger charge is -2.16. The number of anilines is 2. The highest BCUT2D eigenvalue weighted by molar-refractivity contribution is 9.10. The van der Waals surface area contributed by atoms with Crippen LogP contribution >= 0.6 is 15.9 Å². The molecule has 0 aliphatic carbocycles. The van der Waals surface area contributed by atoms with Crippen LogP contribution in [0.3, 0.4) is 0 Å². The number of hydrogen-bond donors (Lipinski definition) is 1. The first-order chi connectivity index (χ1) is 11.5. The van der Waals surface area contributed by atoms with E-state index in [0.717, 1.165) is 24.2 Å². The summed E-state index contributed by atoms with van der Waals surface area (Å²) in [6.07, 6.45) is 1.63. The first-order valence-electron chi connectivity index (χ1n) is 7.67. The van der Waals surface area contributed by atoms with Crippen molar-refractivity contribution in [3.8, 4) is 0 Å². The van der Waals surface area contributed by atoms with E-state index >= 15 is 0 Å². The van der Waals surface area contributed by atoms with Crippen LogP contribution in [0, 0.1) is 5.82 Å². The second-order valence-electron chi connectivity index (χ2n) is 5.67. The first kappa shape index (κ1) is 16.6. The average Bonchev–Trinajstić information content (AvgIpc) is 2.98. The maximum atomic E-state index is 13.2. The number of nitrogens with zero attached hydrogens (tertiary/aromatic N) is 1. The highest BCUT2D eigenvalue weighted by Crippen LogP contribution is 2.23. The van der Waals surface area contributed by atoms with Crippen molar-refractivity contribution in [2.24, 2.45) is 0 Å². The standard InChI is InChI=1S/C18H16BrFN2O2/c19-15-10-12(3-8-16(15)20)11-17(23)21-13-4-6-14(7-5-13)22-9-1-2-18(22)24/h3-8,10H,1-2,9,11H2,(H,21,23). The Morgan fingerprint density at radius 3 is 2.58 bits per heavy atom. The number of carbonyl (C=O) groups is 2. The van der Waals surface area contributed by atoms with Crippen LogP contribution in [0.1, 0.15) is 18.4 Å². The molecule has 3 rings (SSSR count). The van der Waals surface area contributed by atoms with Gasteiger partial charge in [-0.1, -0.05) is 6.07 Å². The molecule has 2 amide bonds. The van der Waals surface area contributed by atoms with Gasteiger partial charge in [-0.15, -0.1) is 0 Å². The van der Waals surface area contributed by atoms with Gasteiger partial charge in [0, 0.05) is 24.3 Å². The zero-order chi connectivity index (χ0) is 17.1. The van der Waals surface area contributed by atoms with Crippen LogP contribution in [0.4, 0.5) is 15.8 Å². The molecule has 0 atom stereocenters. The van der Waals surface area contributed by atoms with Gasteiger partial charge in [0.1, 0.15) is 5.82 Å². The Morgan fingerprint density at radius 1 is 1.21 bits per heavy atom. The third-order valence-corrected chi connectivity index (χ3v) is 4.49. The summed E-state index contributed by atoms with van der Waals surface area (Å²) in [5, 5.41) is 2.80. The summed E-state index contributed by atoms with van der Waals surface area (Å²) in [7, 11) is 0. The minimum absolute atomic E-state index is 0.133. The molecule has 2 aromatic rings. The summed E-state index contributed by atoms with van der Waals surface area (Å²) < 4.78 is 13.5. The van der Waals surface area contributed by atoms with E-state index in [4.69, 9.17) is 0 Å². The Balaban J connectivity index is 1.62. The number of nitrogens with one attached hydrogen (secondary N) is 1. The molecule has 4 nitrogen and oxygen atoms in total. The zero-order valence-corrected chi connectivity index (χ0v) is 14.5. The molecule has 0 radical (unpaired) electrons. The van der Waals surface area contributed by atoms with Gasteiger partial charge in [0.15, 0.2) is 0 Å². The van der Waals surface area contributed by atoms with Gasteiger partial charge in [0.05, 0.1) is 10.9 Å². The topological polar surface area (TPSA) is 49.4 Å². The van der Waals surface area contributed by atoms with Crippen molar-refractivity contribution >= 4 is 39.1 Å². The van der Waals surface area contributed by atoms with Crippen LogP contribution < -0.4 is 10.2 Å². The minimum atomic E-state index is -0.355. The van der Waals surface area contributed by atoms with E-state index in [1.807, 2.05) is 12.1 Å². The van der Waals surface area contributed by atoms with Crippen molar-refractivity contribution in [1.29, 1.82) is 0 Å². The summed E-state index contributed by atoms with van der Waals surface area (Å²) in [5.41, 5.74) is 2.23. The molecule has 1 aliphatic heterocycles. The number of benzene rings is 2. The third-order valence-electron chi connectivity index (χ3n) is 3.88. The van der Waals surface area contributed by atoms with Gasteiger partial charge in [0.25, 0.3) is 0 Å². The maximum Gasteiger partial charge on any atom is 0.228 e.